The zero-order valence-electron chi connectivity index (χ0n) is 29.9. The van der Waals surface area contributed by atoms with Crippen molar-refractivity contribution in [2.75, 3.05) is 6.54 Å². The SMILES string of the molecule is CCCCCCCCCCCCN([Si](CC(C)C)(CC(C)C)CC(C)C)[Si](CC(C)C)(CC(C)C)CC(C)C. The number of nitrogens with zero attached hydrogens (tertiary/aromatic N) is 1. The van der Waals surface area contributed by atoms with E-state index < -0.39 is 16.5 Å². The van der Waals surface area contributed by atoms with E-state index in [1.165, 1.54) is 107 Å². The molecule has 0 saturated carbocycles. The lowest BCUT2D eigenvalue weighted by atomic mass is 10.1. The van der Waals surface area contributed by atoms with Crippen molar-refractivity contribution < 1.29 is 0 Å². The second kappa shape index (κ2) is 21.1. The van der Waals surface area contributed by atoms with Crippen LogP contribution in [0.2, 0.25) is 36.3 Å². The highest BCUT2D eigenvalue weighted by molar-refractivity contribution is 6.93. The first kappa shape index (κ1) is 39.4. The van der Waals surface area contributed by atoms with Crippen LogP contribution in [0.3, 0.4) is 0 Å². The van der Waals surface area contributed by atoms with Gasteiger partial charge in [-0.05, 0) is 84.7 Å². The molecule has 0 heterocycles. The van der Waals surface area contributed by atoms with Crippen molar-refractivity contribution in [2.45, 2.75) is 190 Å². The van der Waals surface area contributed by atoms with Crippen LogP contribution in [0.5, 0.6) is 0 Å². The van der Waals surface area contributed by atoms with Gasteiger partial charge in [0.1, 0.15) is 16.5 Å². The highest BCUT2D eigenvalue weighted by Crippen LogP contribution is 2.44. The van der Waals surface area contributed by atoms with Gasteiger partial charge in [-0.25, -0.2) is 0 Å². The first-order chi connectivity index (χ1) is 18.2. The molecule has 0 bridgehead atoms. The largest absolute Gasteiger partial charge is 0.345 e. The molecule has 0 aromatic carbocycles. The van der Waals surface area contributed by atoms with Crippen molar-refractivity contribution in [3.8, 4) is 0 Å². The third-order valence-corrected chi connectivity index (χ3v) is 23.7. The number of rotatable bonds is 25. The zero-order valence-corrected chi connectivity index (χ0v) is 31.9. The van der Waals surface area contributed by atoms with Gasteiger partial charge in [-0.3, -0.25) is 0 Å². The summed E-state index contributed by atoms with van der Waals surface area (Å²) in [6, 6.07) is 9.11. The molecule has 0 aliphatic carbocycles. The van der Waals surface area contributed by atoms with Crippen LogP contribution < -0.4 is 0 Å². The van der Waals surface area contributed by atoms with Gasteiger partial charge in [-0.2, -0.15) is 0 Å². The predicted octanol–water partition coefficient (Wildman–Crippen LogP) is 13.0. The van der Waals surface area contributed by atoms with Crippen LogP contribution in [0.4, 0.5) is 0 Å². The van der Waals surface area contributed by atoms with E-state index in [4.69, 9.17) is 0 Å². The molecule has 3 heteroatoms. The van der Waals surface area contributed by atoms with Gasteiger partial charge < -0.3 is 4.23 Å². The molecule has 0 aliphatic rings. The van der Waals surface area contributed by atoms with E-state index in [2.05, 4.69) is 94.2 Å². The maximum Gasteiger partial charge on any atom is 0.122 e. The lowest BCUT2D eigenvalue weighted by Crippen LogP contribution is -2.69. The number of hydrogen-bond acceptors (Lipinski definition) is 1. The number of unbranched alkanes of at least 4 members (excludes halogenated alkanes) is 9. The van der Waals surface area contributed by atoms with Crippen LogP contribution in [0.1, 0.15) is 154 Å². The Kier molecular flexibility index (Phi) is 21.4. The van der Waals surface area contributed by atoms with Crippen molar-refractivity contribution in [3.63, 3.8) is 0 Å². The van der Waals surface area contributed by atoms with Crippen molar-refractivity contribution in [3.05, 3.63) is 0 Å². The first-order valence-electron chi connectivity index (χ1n) is 18.0. The van der Waals surface area contributed by atoms with Crippen LogP contribution in [0.25, 0.3) is 0 Å². The molecular formula is C36H79NSi2. The second-order valence-electron chi connectivity index (χ2n) is 16.4. The summed E-state index contributed by atoms with van der Waals surface area (Å²) in [6.45, 7) is 34.2. The molecule has 0 saturated heterocycles. The first-order valence-corrected chi connectivity index (χ1v) is 23.1. The van der Waals surface area contributed by atoms with E-state index in [9.17, 15) is 0 Å². The molecule has 0 fully saturated rings. The van der Waals surface area contributed by atoms with Crippen molar-refractivity contribution in [2.24, 2.45) is 35.5 Å². The molecule has 0 N–H and O–H groups in total. The number of hydrogen-bond donors (Lipinski definition) is 0. The minimum atomic E-state index is -1.65. The standard InChI is InChI=1S/C36H79NSi2/c1-14-15-16-17-18-19-20-21-22-23-24-37(38(25-31(2)3,26-32(4)5)27-33(6)7)39(28-34(8)9,29-35(10)11)30-36(12)13/h31-36H,14-30H2,1-13H3. The van der Waals surface area contributed by atoms with Crippen LogP contribution in [0, 0.1) is 35.5 Å². The Morgan fingerprint density at radius 2 is 0.590 bits per heavy atom. The summed E-state index contributed by atoms with van der Waals surface area (Å²) in [5.41, 5.74) is 0. The van der Waals surface area contributed by atoms with Crippen molar-refractivity contribution >= 4 is 16.5 Å². The average molecular weight is 582 g/mol. The molecule has 0 atom stereocenters. The minimum Gasteiger partial charge on any atom is -0.345 e. The Hall–Kier alpha value is 0.394. The topological polar surface area (TPSA) is 3.24 Å². The fourth-order valence-electron chi connectivity index (χ4n) is 8.46. The lowest BCUT2D eigenvalue weighted by Gasteiger charge is -2.57. The summed E-state index contributed by atoms with van der Waals surface area (Å²) in [6.07, 6.45) is 14.5. The van der Waals surface area contributed by atoms with Gasteiger partial charge in [-0.15, -0.1) is 0 Å². The molecule has 39 heavy (non-hydrogen) atoms. The smallest absolute Gasteiger partial charge is 0.122 e. The van der Waals surface area contributed by atoms with Crippen LogP contribution in [-0.4, -0.2) is 27.2 Å². The third kappa shape index (κ3) is 17.2. The van der Waals surface area contributed by atoms with Crippen LogP contribution >= 0.6 is 0 Å². The summed E-state index contributed by atoms with van der Waals surface area (Å²) in [5.74, 6) is 4.88. The van der Waals surface area contributed by atoms with E-state index in [-0.39, 0.29) is 0 Å². The maximum absolute atomic E-state index is 3.52. The Balaban J connectivity index is 6.28. The molecule has 1 nitrogen and oxygen atoms in total. The van der Waals surface area contributed by atoms with Gasteiger partial charge >= 0.3 is 0 Å². The van der Waals surface area contributed by atoms with Crippen molar-refractivity contribution in [1.82, 2.24) is 4.23 Å². The molecule has 0 unspecified atom stereocenters. The summed E-state index contributed by atoms with van der Waals surface area (Å²) < 4.78 is 3.52. The van der Waals surface area contributed by atoms with Crippen LogP contribution in [-0.2, 0) is 0 Å². The van der Waals surface area contributed by atoms with E-state index in [1.54, 1.807) is 0 Å². The molecule has 0 aromatic heterocycles. The molecule has 0 aliphatic heterocycles. The summed E-state index contributed by atoms with van der Waals surface area (Å²) in [7, 11) is -3.30. The maximum atomic E-state index is 3.52. The highest BCUT2D eigenvalue weighted by atomic mass is 28.4. The van der Waals surface area contributed by atoms with Gasteiger partial charge in [-0.1, -0.05) is 148 Å². The zero-order chi connectivity index (χ0) is 30.1. The fraction of sp³-hybridized carbons (Fsp3) is 1.00. The summed E-state index contributed by atoms with van der Waals surface area (Å²) >= 11 is 0. The Bertz CT molecular complexity index is 475. The molecule has 0 spiro atoms. The molecule has 0 rings (SSSR count). The van der Waals surface area contributed by atoms with Crippen LogP contribution in [0.15, 0.2) is 0 Å². The van der Waals surface area contributed by atoms with Gasteiger partial charge in [0.2, 0.25) is 0 Å². The quantitative estimate of drug-likeness (QED) is 0.0765. The Morgan fingerprint density at radius 3 is 0.821 bits per heavy atom. The fourth-order valence-corrected chi connectivity index (χ4v) is 26.8. The van der Waals surface area contributed by atoms with Gasteiger partial charge in [0, 0.05) is 0 Å². The van der Waals surface area contributed by atoms with Crippen molar-refractivity contribution in [1.29, 1.82) is 0 Å². The summed E-state index contributed by atoms with van der Waals surface area (Å²) in [4.78, 5) is 0. The van der Waals surface area contributed by atoms with E-state index >= 15 is 0 Å². The highest BCUT2D eigenvalue weighted by Gasteiger charge is 2.51. The van der Waals surface area contributed by atoms with E-state index in [1.807, 2.05) is 0 Å². The van der Waals surface area contributed by atoms with Gasteiger partial charge in [0.05, 0.1) is 0 Å². The molecule has 0 aromatic rings. The Labute approximate surface area is 252 Å². The lowest BCUT2D eigenvalue weighted by molar-refractivity contribution is 0.463. The molecular weight excluding hydrogens is 503 g/mol. The van der Waals surface area contributed by atoms with E-state index in [0.717, 1.165) is 35.5 Å². The minimum absolute atomic E-state index is 0.813. The molecule has 0 radical (unpaired) electrons. The third-order valence-electron chi connectivity index (χ3n) is 8.61. The van der Waals surface area contributed by atoms with E-state index in [0.29, 0.717) is 0 Å². The Morgan fingerprint density at radius 1 is 0.359 bits per heavy atom. The monoisotopic (exact) mass is 582 g/mol. The normalized spacial score (nSPS) is 13.5. The molecule has 0 amide bonds. The second-order valence-corrected chi connectivity index (χ2v) is 25.2. The average Bonchev–Trinajstić information content (AvgIpc) is 2.74. The predicted molar refractivity (Wildman–Crippen MR) is 188 cm³/mol. The summed E-state index contributed by atoms with van der Waals surface area (Å²) in [5, 5.41) is 0. The molecule has 236 valence electrons. The van der Waals surface area contributed by atoms with Gasteiger partial charge in [0.15, 0.2) is 0 Å². The van der Waals surface area contributed by atoms with Gasteiger partial charge in [0.25, 0.3) is 0 Å².